The van der Waals surface area contributed by atoms with Gasteiger partial charge in [-0.2, -0.15) is 0 Å². The lowest BCUT2D eigenvalue weighted by molar-refractivity contribution is -0.136. The Morgan fingerprint density at radius 1 is 1.21 bits per heavy atom. The van der Waals surface area contributed by atoms with E-state index in [-0.39, 0.29) is 12.3 Å². The summed E-state index contributed by atoms with van der Waals surface area (Å²) in [5.74, 6) is -1.17. The summed E-state index contributed by atoms with van der Waals surface area (Å²) in [6, 6.07) is 10.6. The first-order chi connectivity index (χ1) is 13.8. The van der Waals surface area contributed by atoms with Gasteiger partial charge in [0.1, 0.15) is 11.2 Å². The van der Waals surface area contributed by atoms with Crippen LogP contribution in [0.2, 0.25) is 10.0 Å². The topological polar surface area (TPSA) is 91.4 Å². The number of amides is 1. The van der Waals surface area contributed by atoms with Gasteiger partial charge in [0.25, 0.3) is 5.91 Å². The van der Waals surface area contributed by atoms with Crippen LogP contribution in [-0.2, 0) is 21.5 Å². The highest BCUT2D eigenvalue weighted by Gasteiger charge is 2.43. The maximum Gasteiger partial charge on any atom is 0.307 e. The molecule has 6 nitrogen and oxygen atoms in total. The highest BCUT2D eigenvalue weighted by atomic mass is 35.5. The van der Waals surface area contributed by atoms with Crippen molar-refractivity contribution in [3.05, 3.63) is 68.8 Å². The van der Waals surface area contributed by atoms with Gasteiger partial charge in [0.15, 0.2) is 0 Å². The molecule has 0 bridgehead atoms. The number of aliphatic carboxylic acids is 1. The van der Waals surface area contributed by atoms with Crippen LogP contribution < -0.4 is 5.32 Å². The van der Waals surface area contributed by atoms with Crippen molar-refractivity contribution in [3.8, 4) is 0 Å². The second kappa shape index (κ2) is 7.37. The van der Waals surface area contributed by atoms with Crippen LogP contribution in [0, 0.1) is 6.92 Å². The Bertz CT molecular complexity index is 1140. The number of halogens is 2. The summed E-state index contributed by atoms with van der Waals surface area (Å²) in [5.41, 5.74) is 2.94. The Labute approximate surface area is 176 Å². The van der Waals surface area contributed by atoms with Gasteiger partial charge in [0.05, 0.1) is 29.7 Å². The smallest absolute Gasteiger partial charge is 0.307 e. The Morgan fingerprint density at radius 2 is 1.97 bits per heavy atom. The van der Waals surface area contributed by atoms with Crippen LogP contribution in [0.15, 0.2) is 36.4 Å². The van der Waals surface area contributed by atoms with Gasteiger partial charge < -0.3 is 20.1 Å². The number of nitrogens with one attached hydrogen (secondary N) is 2. The number of benzene rings is 2. The highest BCUT2D eigenvalue weighted by molar-refractivity contribution is 6.45. The molecule has 2 heterocycles. The van der Waals surface area contributed by atoms with Crippen LogP contribution in [0.3, 0.4) is 0 Å². The quantitative estimate of drug-likeness (QED) is 0.566. The van der Waals surface area contributed by atoms with Gasteiger partial charge in [-0.25, -0.2) is 0 Å². The predicted octanol–water partition coefficient (Wildman–Crippen LogP) is 4.07. The third kappa shape index (κ3) is 3.59. The van der Waals surface area contributed by atoms with Crippen molar-refractivity contribution in [1.29, 1.82) is 0 Å². The fourth-order valence-corrected chi connectivity index (χ4v) is 4.08. The summed E-state index contributed by atoms with van der Waals surface area (Å²) in [4.78, 5) is 27.0. The third-order valence-electron chi connectivity index (χ3n) is 5.15. The second-order valence-electron chi connectivity index (χ2n) is 7.25. The Kier molecular flexibility index (Phi) is 5.02. The SMILES string of the molecule is Cc1cc(CC(=O)O)ccc1C1(NC(=O)c2cc3c(Cl)c(Cl)ccc3[nH]2)COC1. The molecule has 1 aromatic heterocycles. The maximum absolute atomic E-state index is 13.0. The molecule has 0 unspecified atom stereocenters. The van der Waals surface area contributed by atoms with Crippen LogP contribution in [0.5, 0.6) is 0 Å². The summed E-state index contributed by atoms with van der Waals surface area (Å²) >= 11 is 12.3. The number of ether oxygens (including phenoxy) is 1. The Balaban J connectivity index is 1.63. The third-order valence-corrected chi connectivity index (χ3v) is 5.97. The van der Waals surface area contributed by atoms with Crippen molar-refractivity contribution < 1.29 is 19.4 Å². The molecule has 1 amide bonds. The summed E-state index contributed by atoms with van der Waals surface area (Å²) in [5, 5.41) is 13.6. The van der Waals surface area contributed by atoms with Crippen LogP contribution >= 0.6 is 23.2 Å². The molecule has 0 spiro atoms. The molecule has 3 N–H and O–H groups in total. The van der Waals surface area contributed by atoms with E-state index in [2.05, 4.69) is 10.3 Å². The minimum Gasteiger partial charge on any atom is -0.481 e. The fourth-order valence-electron chi connectivity index (χ4n) is 3.70. The van der Waals surface area contributed by atoms with Gasteiger partial charge in [-0.15, -0.1) is 0 Å². The molecule has 1 fully saturated rings. The van der Waals surface area contributed by atoms with E-state index in [1.54, 1.807) is 24.3 Å². The van der Waals surface area contributed by atoms with Crippen molar-refractivity contribution in [1.82, 2.24) is 10.3 Å². The number of rotatable bonds is 5. The summed E-state index contributed by atoms with van der Waals surface area (Å²) in [7, 11) is 0. The lowest BCUT2D eigenvalue weighted by Gasteiger charge is -2.43. The molecule has 1 saturated heterocycles. The normalized spacial score (nSPS) is 15.1. The zero-order valence-corrected chi connectivity index (χ0v) is 17.0. The second-order valence-corrected chi connectivity index (χ2v) is 8.04. The number of H-pyrrole nitrogens is 1. The average Bonchev–Trinajstić information content (AvgIpc) is 3.06. The van der Waals surface area contributed by atoms with Gasteiger partial charge in [-0.05, 0) is 41.8 Å². The molecule has 0 aliphatic carbocycles. The number of carboxylic acids is 1. The number of aromatic nitrogens is 1. The summed E-state index contributed by atoms with van der Waals surface area (Å²) < 4.78 is 5.42. The molecular weight excluding hydrogens is 415 g/mol. The maximum atomic E-state index is 13.0. The molecule has 0 radical (unpaired) electrons. The van der Waals surface area contributed by atoms with E-state index in [4.69, 9.17) is 33.0 Å². The number of fused-ring (bicyclic) bond motifs is 1. The summed E-state index contributed by atoms with van der Waals surface area (Å²) in [6.45, 7) is 2.58. The van der Waals surface area contributed by atoms with E-state index in [1.807, 2.05) is 19.1 Å². The molecule has 1 aliphatic heterocycles. The molecule has 4 rings (SSSR count). The van der Waals surface area contributed by atoms with E-state index in [1.165, 1.54) is 0 Å². The molecule has 3 aromatic rings. The van der Waals surface area contributed by atoms with Gasteiger partial charge >= 0.3 is 5.97 Å². The van der Waals surface area contributed by atoms with Crippen LogP contribution in [0.4, 0.5) is 0 Å². The van der Waals surface area contributed by atoms with Gasteiger partial charge in [0, 0.05) is 10.9 Å². The predicted molar refractivity (Wildman–Crippen MR) is 111 cm³/mol. The first-order valence-corrected chi connectivity index (χ1v) is 9.73. The minimum atomic E-state index is -0.885. The van der Waals surface area contributed by atoms with Gasteiger partial charge in [0.2, 0.25) is 0 Å². The number of carboxylic acid groups (broad SMARTS) is 1. The van der Waals surface area contributed by atoms with Gasteiger partial charge in [-0.3, -0.25) is 9.59 Å². The van der Waals surface area contributed by atoms with Crippen molar-refractivity contribution in [2.75, 3.05) is 13.2 Å². The number of carbonyl (C=O) groups is 2. The lowest BCUT2D eigenvalue weighted by Crippen LogP contribution is -2.59. The number of hydrogen-bond acceptors (Lipinski definition) is 3. The Morgan fingerprint density at radius 3 is 2.59 bits per heavy atom. The number of hydrogen-bond donors (Lipinski definition) is 3. The average molecular weight is 433 g/mol. The lowest BCUT2D eigenvalue weighted by atomic mass is 9.84. The van der Waals surface area contributed by atoms with Crippen molar-refractivity contribution in [2.24, 2.45) is 0 Å². The first kappa shape index (κ1) is 19.8. The minimum absolute atomic E-state index is 0.0463. The number of carbonyl (C=O) groups excluding carboxylic acids is 1. The van der Waals surface area contributed by atoms with Crippen molar-refractivity contribution in [3.63, 3.8) is 0 Å². The number of aryl methyl sites for hydroxylation is 1. The molecular formula is C21H18Cl2N2O4. The molecule has 2 aromatic carbocycles. The standard InChI is InChI=1S/C21H18Cl2N2O4/c1-11-6-12(7-18(26)27)2-3-14(11)21(9-29-10-21)25-20(28)17-8-13-16(24-17)5-4-15(22)19(13)23/h2-6,8,24H,7,9-10H2,1H3,(H,25,28)(H,26,27). The van der Waals surface area contributed by atoms with Crippen LogP contribution in [-0.4, -0.2) is 35.2 Å². The van der Waals surface area contributed by atoms with E-state index >= 15 is 0 Å². The number of aromatic amines is 1. The van der Waals surface area contributed by atoms with Gasteiger partial charge in [-0.1, -0.05) is 41.4 Å². The van der Waals surface area contributed by atoms with Crippen LogP contribution in [0.25, 0.3) is 10.9 Å². The zero-order chi connectivity index (χ0) is 20.8. The van der Waals surface area contributed by atoms with E-state index in [9.17, 15) is 9.59 Å². The van der Waals surface area contributed by atoms with E-state index in [0.717, 1.165) is 16.6 Å². The van der Waals surface area contributed by atoms with E-state index in [0.29, 0.717) is 39.9 Å². The first-order valence-electron chi connectivity index (χ1n) is 8.98. The monoisotopic (exact) mass is 432 g/mol. The van der Waals surface area contributed by atoms with Crippen molar-refractivity contribution >= 4 is 46.0 Å². The Hall–Kier alpha value is -2.54. The molecule has 150 valence electrons. The zero-order valence-electron chi connectivity index (χ0n) is 15.5. The van der Waals surface area contributed by atoms with Crippen LogP contribution in [0.1, 0.15) is 27.2 Å². The molecule has 1 aliphatic rings. The van der Waals surface area contributed by atoms with E-state index < -0.39 is 11.5 Å². The largest absolute Gasteiger partial charge is 0.481 e. The fraction of sp³-hybridized carbons (Fsp3) is 0.238. The highest BCUT2D eigenvalue weighted by Crippen LogP contribution is 2.34. The molecule has 0 saturated carbocycles. The molecule has 8 heteroatoms. The molecule has 0 atom stereocenters. The summed E-state index contributed by atoms with van der Waals surface area (Å²) in [6.07, 6.45) is -0.0463. The molecule has 29 heavy (non-hydrogen) atoms. The van der Waals surface area contributed by atoms with Crippen molar-refractivity contribution in [2.45, 2.75) is 18.9 Å².